The third-order valence-electron chi connectivity index (χ3n) is 5.59. The van der Waals surface area contributed by atoms with Crippen molar-refractivity contribution in [2.24, 2.45) is 5.41 Å². The second kappa shape index (κ2) is 8.24. The third-order valence-corrected chi connectivity index (χ3v) is 5.59. The Morgan fingerprint density at radius 1 is 1.12 bits per heavy atom. The Morgan fingerprint density at radius 3 is 2.23 bits per heavy atom. The van der Waals surface area contributed by atoms with E-state index in [0.717, 1.165) is 37.7 Å². The lowest BCUT2D eigenvalue weighted by Gasteiger charge is -2.38. The quantitative estimate of drug-likeness (QED) is 0.665. The molecule has 0 heterocycles. The van der Waals surface area contributed by atoms with Gasteiger partial charge in [-0.15, -0.1) is 0 Å². The van der Waals surface area contributed by atoms with Crippen molar-refractivity contribution in [3.05, 3.63) is 35.4 Å². The first-order chi connectivity index (χ1) is 12.2. The third kappa shape index (κ3) is 4.66. The van der Waals surface area contributed by atoms with Crippen LogP contribution in [0.2, 0.25) is 0 Å². The maximum absolute atomic E-state index is 12.7. The van der Waals surface area contributed by atoms with Crippen LogP contribution in [0.3, 0.4) is 0 Å². The summed E-state index contributed by atoms with van der Waals surface area (Å²) in [5.41, 5.74) is 0.997. The minimum atomic E-state index is -0.905. The van der Waals surface area contributed by atoms with Crippen molar-refractivity contribution in [1.29, 1.82) is 0 Å². The van der Waals surface area contributed by atoms with Crippen LogP contribution >= 0.6 is 0 Å². The first kappa shape index (κ1) is 20.5. The van der Waals surface area contributed by atoms with E-state index in [1.807, 2.05) is 52.0 Å². The average Bonchev–Trinajstić information content (AvgIpc) is 2.62. The molecule has 1 unspecified atom stereocenters. The molecular weight excluding hydrogens is 328 g/mol. The molecule has 2 rings (SSSR count). The van der Waals surface area contributed by atoms with Crippen LogP contribution in [0.15, 0.2) is 24.3 Å². The summed E-state index contributed by atoms with van der Waals surface area (Å²) in [6.07, 6.45) is 4.57. The van der Waals surface area contributed by atoms with Crippen LogP contribution in [0.4, 0.5) is 0 Å². The van der Waals surface area contributed by atoms with Crippen molar-refractivity contribution in [3.8, 4) is 0 Å². The number of esters is 2. The van der Waals surface area contributed by atoms with Gasteiger partial charge in [-0.05, 0) is 65.4 Å². The van der Waals surface area contributed by atoms with E-state index in [9.17, 15) is 9.59 Å². The Balaban J connectivity index is 2.14. The minimum absolute atomic E-state index is 0.363. The number of ether oxygens (including phenoxy) is 2. The highest BCUT2D eigenvalue weighted by Gasteiger charge is 2.40. The summed E-state index contributed by atoms with van der Waals surface area (Å²) in [6.45, 7) is 9.21. The number of benzene rings is 1. The SMILES string of the molecule is CCC(C)(C)C(=O)OC(C)C(=O)OC1(c2ccc(C)cc2)CCCCC1. The Labute approximate surface area is 157 Å². The summed E-state index contributed by atoms with van der Waals surface area (Å²) in [6, 6.07) is 8.19. The zero-order valence-corrected chi connectivity index (χ0v) is 16.8. The van der Waals surface area contributed by atoms with Crippen molar-refractivity contribution in [2.45, 2.75) is 84.8 Å². The van der Waals surface area contributed by atoms with Gasteiger partial charge in [0.2, 0.25) is 0 Å². The summed E-state index contributed by atoms with van der Waals surface area (Å²) in [7, 11) is 0. The van der Waals surface area contributed by atoms with Crippen LogP contribution in [0, 0.1) is 12.3 Å². The first-order valence-corrected chi connectivity index (χ1v) is 9.71. The lowest BCUT2D eigenvalue weighted by Crippen LogP contribution is -2.40. The molecule has 1 aliphatic carbocycles. The molecule has 1 atom stereocenters. The fraction of sp³-hybridized carbons (Fsp3) is 0.636. The molecule has 0 saturated heterocycles. The van der Waals surface area contributed by atoms with Gasteiger partial charge in [0.1, 0.15) is 5.60 Å². The summed E-state index contributed by atoms with van der Waals surface area (Å²) in [4.78, 5) is 25.0. The summed E-state index contributed by atoms with van der Waals surface area (Å²) < 4.78 is 11.4. The Morgan fingerprint density at radius 2 is 1.69 bits per heavy atom. The number of carbonyl (C=O) groups excluding carboxylic acids is 2. The standard InChI is InChI=1S/C22H32O4/c1-6-21(4,5)20(24)25-17(3)19(23)26-22(14-8-7-9-15-22)18-12-10-16(2)11-13-18/h10-13,17H,6-9,14-15H2,1-5H3. The maximum atomic E-state index is 12.7. The lowest BCUT2D eigenvalue weighted by molar-refractivity contribution is -0.185. The van der Waals surface area contributed by atoms with E-state index in [2.05, 4.69) is 0 Å². The van der Waals surface area contributed by atoms with E-state index in [1.54, 1.807) is 6.92 Å². The lowest BCUT2D eigenvalue weighted by atomic mass is 9.79. The Kier molecular flexibility index (Phi) is 6.48. The molecule has 0 N–H and O–H groups in total. The van der Waals surface area contributed by atoms with Crippen LogP contribution in [0.1, 0.15) is 77.3 Å². The smallest absolute Gasteiger partial charge is 0.348 e. The van der Waals surface area contributed by atoms with Crippen LogP contribution in [-0.2, 0) is 24.7 Å². The van der Waals surface area contributed by atoms with Crippen LogP contribution in [0.25, 0.3) is 0 Å². The van der Waals surface area contributed by atoms with E-state index in [1.165, 1.54) is 5.56 Å². The molecule has 1 aromatic carbocycles. The van der Waals surface area contributed by atoms with E-state index >= 15 is 0 Å². The van der Waals surface area contributed by atoms with Crippen molar-refractivity contribution < 1.29 is 19.1 Å². The molecule has 144 valence electrons. The molecule has 1 aromatic rings. The van der Waals surface area contributed by atoms with Gasteiger partial charge in [-0.2, -0.15) is 0 Å². The fourth-order valence-electron chi connectivity index (χ4n) is 3.22. The molecule has 0 radical (unpaired) electrons. The van der Waals surface area contributed by atoms with Gasteiger partial charge in [-0.3, -0.25) is 4.79 Å². The predicted molar refractivity (Wildman–Crippen MR) is 102 cm³/mol. The van der Waals surface area contributed by atoms with Crippen LogP contribution in [0.5, 0.6) is 0 Å². The Bertz CT molecular complexity index is 624. The molecule has 26 heavy (non-hydrogen) atoms. The second-order valence-corrected chi connectivity index (χ2v) is 8.13. The highest BCUT2D eigenvalue weighted by Crippen LogP contribution is 2.41. The van der Waals surface area contributed by atoms with Gasteiger partial charge in [-0.1, -0.05) is 43.2 Å². The molecule has 0 amide bonds. The van der Waals surface area contributed by atoms with Gasteiger partial charge in [0.05, 0.1) is 5.41 Å². The monoisotopic (exact) mass is 360 g/mol. The van der Waals surface area contributed by atoms with E-state index in [0.29, 0.717) is 6.42 Å². The number of carbonyl (C=O) groups is 2. The minimum Gasteiger partial charge on any atom is -0.451 e. The number of hydrogen-bond acceptors (Lipinski definition) is 4. The summed E-state index contributed by atoms with van der Waals surface area (Å²) in [5, 5.41) is 0. The Hall–Kier alpha value is -1.84. The van der Waals surface area contributed by atoms with Gasteiger partial charge in [0.25, 0.3) is 0 Å². The largest absolute Gasteiger partial charge is 0.451 e. The fourth-order valence-corrected chi connectivity index (χ4v) is 3.22. The molecule has 1 fully saturated rings. The predicted octanol–water partition coefficient (Wildman–Crippen LogP) is 5.07. The number of hydrogen-bond donors (Lipinski definition) is 0. The van der Waals surface area contributed by atoms with Gasteiger partial charge in [0.15, 0.2) is 6.10 Å². The van der Waals surface area contributed by atoms with Crippen molar-refractivity contribution >= 4 is 11.9 Å². The molecule has 0 aliphatic heterocycles. The van der Waals surface area contributed by atoms with E-state index in [-0.39, 0.29) is 5.97 Å². The molecule has 1 aliphatic rings. The van der Waals surface area contributed by atoms with Gasteiger partial charge in [0, 0.05) is 0 Å². The van der Waals surface area contributed by atoms with Crippen LogP contribution < -0.4 is 0 Å². The zero-order chi connectivity index (χ0) is 19.4. The molecule has 0 spiro atoms. The molecule has 0 bridgehead atoms. The summed E-state index contributed by atoms with van der Waals surface area (Å²) >= 11 is 0. The van der Waals surface area contributed by atoms with Crippen molar-refractivity contribution in [3.63, 3.8) is 0 Å². The highest BCUT2D eigenvalue weighted by molar-refractivity contribution is 5.81. The van der Waals surface area contributed by atoms with Crippen molar-refractivity contribution in [2.75, 3.05) is 0 Å². The van der Waals surface area contributed by atoms with Gasteiger partial charge in [-0.25, -0.2) is 4.79 Å². The summed E-state index contributed by atoms with van der Waals surface area (Å²) in [5.74, 6) is -0.829. The van der Waals surface area contributed by atoms with Gasteiger partial charge < -0.3 is 9.47 Å². The number of rotatable bonds is 6. The highest BCUT2D eigenvalue weighted by atomic mass is 16.6. The average molecular weight is 360 g/mol. The number of aryl methyl sites for hydroxylation is 1. The zero-order valence-electron chi connectivity index (χ0n) is 16.8. The maximum Gasteiger partial charge on any atom is 0.348 e. The van der Waals surface area contributed by atoms with E-state index < -0.39 is 23.1 Å². The normalized spacial score (nSPS) is 18.0. The first-order valence-electron chi connectivity index (χ1n) is 9.71. The topological polar surface area (TPSA) is 52.6 Å². The molecule has 4 heteroatoms. The molecule has 0 aromatic heterocycles. The van der Waals surface area contributed by atoms with Crippen LogP contribution in [-0.4, -0.2) is 18.0 Å². The van der Waals surface area contributed by atoms with Gasteiger partial charge >= 0.3 is 11.9 Å². The molecule has 1 saturated carbocycles. The second-order valence-electron chi connectivity index (χ2n) is 8.13. The molecule has 4 nitrogen and oxygen atoms in total. The van der Waals surface area contributed by atoms with E-state index in [4.69, 9.17) is 9.47 Å². The molecular formula is C22H32O4. The van der Waals surface area contributed by atoms with Crippen molar-refractivity contribution in [1.82, 2.24) is 0 Å².